The van der Waals surface area contributed by atoms with Crippen molar-refractivity contribution in [2.24, 2.45) is 5.92 Å². The summed E-state index contributed by atoms with van der Waals surface area (Å²) in [6.07, 6.45) is 2.65. The molecule has 0 N–H and O–H groups in total. The van der Waals surface area contributed by atoms with E-state index < -0.39 is 0 Å². The van der Waals surface area contributed by atoms with Gasteiger partial charge < -0.3 is 4.90 Å². The van der Waals surface area contributed by atoms with E-state index in [4.69, 9.17) is 11.6 Å². The highest BCUT2D eigenvalue weighted by atomic mass is 35.5. The predicted molar refractivity (Wildman–Crippen MR) is 79.6 cm³/mol. The minimum absolute atomic E-state index is 0.255. The molecule has 0 spiro atoms. The van der Waals surface area contributed by atoms with Crippen molar-refractivity contribution in [1.29, 1.82) is 0 Å². The van der Waals surface area contributed by atoms with Crippen molar-refractivity contribution in [3.63, 3.8) is 0 Å². The van der Waals surface area contributed by atoms with Crippen molar-refractivity contribution in [3.05, 3.63) is 34.9 Å². The number of benzene rings is 1. The fraction of sp³-hybridized carbons (Fsp3) is 0.562. The van der Waals surface area contributed by atoms with Crippen LogP contribution in [0.5, 0.6) is 0 Å². The second-order valence-electron chi connectivity index (χ2n) is 5.58. The molecule has 0 saturated carbocycles. The molecule has 1 fully saturated rings. The van der Waals surface area contributed by atoms with Gasteiger partial charge in [-0.2, -0.15) is 0 Å². The smallest absolute Gasteiger partial charge is 0.227 e. The minimum atomic E-state index is 0.255. The van der Waals surface area contributed by atoms with Crippen LogP contribution in [0.15, 0.2) is 18.2 Å². The zero-order chi connectivity index (χ0) is 13.8. The molecule has 1 unspecified atom stereocenters. The topological polar surface area (TPSA) is 20.3 Å². The molecule has 1 atom stereocenters. The van der Waals surface area contributed by atoms with Crippen LogP contribution >= 0.6 is 11.6 Å². The van der Waals surface area contributed by atoms with E-state index in [-0.39, 0.29) is 5.91 Å². The van der Waals surface area contributed by atoms with Crippen LogP contribution in [0, 0.1) is 19.8 Å². The molecule has 19 heavy (non-hydrogen) atoms. The van der Waals surface area contributed by atoms with Gasteiger partial charge in [-0.15, -0.1) is 11.6 Å². The molecule has 0 aliphatic carbocycles. The van der Waals surface area contributed by atoms with Crippen molar-refractivity contribution >= 4 is 17.5 Å². The van der Waals surface area contributed by atoms with Crippen LogP contribution in [-0.4, -0.2) is 29.8 Å². The molecule has 104 valence electrons. The summed E-state index contributed by atoms with van der Waals surface area (Å²) in [4.78, 5) is 14.3. The van der Waals surface area contributed by atoms with E-state index in [1.54, 1.807) is 0 Å². The van der Waals surface area contributed by atoms with E-state index in [1.165, 1.54) is 11.1 Å². The molecular formula is C16H22ClNO. The fourth-order valence-corrected chi connectivity index (χ4v) is 3.02. The van der Waals surface area contributed by atoms with Crippen LogP contribution in [0.4, 0.5) is 0 Å². The second kappa shape index (κ2) is 6.42. The van der Waals surface area contributed by atoms with E-state index in [9.17, 15) is 4.79 Å². The second-order valence-corrected chi connectivity index (χ2v) is 5.96. The van der Waals surface area contributed by atoms with Gasteiger partial charge in [-0.25, -0.2) is 0 Å². The van der Waals surface area contributed by atoms with Gasteiger partial charge in [0.1, 0.15) is 0 Å². The van der Waals surface area contributed by atoms with Crippen LogP contribution in [-0.2, 0) is 11.2 Å². The average molecular weight is 280 g/mol. The van der Waals surface area contributed by atoms with Crippen LogP contribution in [0.25, 0.3) is 0 Å². The third-order valence-corrected chi connectivity index (χ3v) is 4.22. The molecule has 1 aromatic rings. The fourth-order valence-electron chi connectivity index (χ4n) is 2.71. The number of likely N-dealkylation sites (tertiary alicyclic amines) is 1. The van der Waals surface area contributed by atoms with Crippen molar-refractivity contribution in [2.45, 2.75) is 33.1 Å². The molecule has 0 aromatic heterocycles. The molecule has 1 saturated heterocycles. The normalized spacial score (nSPS) is 18.9. The summed E-state index contributed by atoms with van der Waals surface area (Å²) < 4.78 is 0. The summed E-state index contributed by atoms with van der Waals surface area (Å²) in [6, 6.07) is 6.31. The Morgan fingerprint density at radius 3 is 2.95 bits per heavy atom. The average Bonchev–Trinajstić information content (AvgIpc) is 2.83. The minimum Gasteiger partial charge on any atom is -0.342 e. The van der Waals surface area contributed by atoms with Gasteiger partial charge in [0, 0.05) is 19.0 Å². The number of amides is 1. The maximum Gasteiger partial charge on any atom is 0.227 e. The molecule has 0 bridgehead atoms. The molecule has 1 aromatic carbocycles. The molecular weight excluding hydrogens is 258 g/mol. The van der Waals surface area contributed by atoms with Crippen molar-refractivity contribution < 1.29 is 4.79 Å². The van der Waals surface area contributed by atoms with E-state index in [1.807, 2.05) is 4.90 Å². The Morgan fingerprint density at radius 1 is 1.42 bits per heavy atom. The van der Waals surface area contributed by atoms with Gasteiger partial charge in [-0.1, -0.05) is 23.8 Å². The standard InChI is InChI=1S/C16H22ClNO/c1-12-3-4-13(2)15(9-12)10-16(19)18-8-6-14(11-18)5-7-17/h3-4,9,14H,5-8,10-11H2,1-2H3. The van der Waals surface area contributed by atoms with Crippen LogP contribution in [0.1, 0.15) is 29.5 Å². The third kappa shape index (κ3) is 3.73. The molecule has 2 nitrogen and oxygen atoms in total. The molecule has 1 heterocycles. The van der Waals surface area contributed by atoms with Crippen LogP contribution in [0.2, 0.25) is 0 Å². The SMILES string of the molecule is Cc1ccc(C)c(CC(=O)N2CCC(CCCl)C2)c1. The van der Waals surface area contributed by atoms with Gasteiger partial charge in [0.25, 0.3) is 0 Å². The van der Waals surface area contributed by atoms with Gasteiger partial charge in [-0.05, 0) is 43.7 Å². The summed E-state index contributed by atoms with van der Waals surface area (Å²) in [5.74, 6) is 1.55. The Labute approximate surface area is 120 Å². The molecule has 0 radical (unpaired) electrons. The van der Waals surface area contributed by atoms with E-state index in [2.05, 4.69) is 32.0 Å². The Balaban J connectivity index is 1.96. The van der Waals surface area contributed by atoms with Crippen LogP contribution in [0.3, 0.4) is 0 Å². The first kappa shape index (κ1) is 14.4. The lowest BCUT2D eigenvalue weighted by Gasteiger charge is -2.17. The maximum atomic E-state index is 12.3. The highest BCUT2D eigenvalue weighted by Crippen LogP contribution is 2.21. The third-order valence-electron chi connectivity index (χ3n) is 4.00. The quantitative estimate of drug-likeness (QED) is 0.774. The monoisotopic (exact) mass is 279 g/mol. The summed E-state index contributed by atoms with van der Waals surface area (Å²) in [5, 5.41) is 0. The number of carbonyl (C=O) groups is 1. The lowest BCUT2D eigenvalue weighted by molar-refractivity contribution is -0.129. The number of alkyl halides is 1. The van der Waals surface area contributed by atoms with Crippen molar-refractivity contribution in [1.82, 2.24) is 4.90 Å². The van der Waals surface area contributed by atoms with Gasteiger partial charge in [-0.3, -0.25) is 4.79 Å². The Hall–Kier alpha value is -1.02. The first-order chi connectivity index (χ1) is 9.10. The lowest BCUT2D eigenvalue weighted by atomic mass is 10.0. The highest BCUT2D eigenvalue weighted by Gasteiger charge is 2.25. The van der Waals surface area contributed by atoms with Crippen molar-refractivity contribution in [3.8, 4) is 0 Å². The van der Waals surface area contributed by atoms with E-state index >= 15 is 0 Å². The molecule has 3 heteroatoms. The number of aryl methyl sites for hydroxylation is 2. The first-order valence-electron chi connectivity index (χ1n) is 7.00. The van der Waals surface area contributed by atoms with Gasteiger partial charge >= 0.3 is 0 Å². The van der Waals surface area contributed by atoms with E-state index in [0.717, 1.165) is 31.5 Å². The van der Waals surface area contributed by atoms with Gasteiger partial charge in [0.15, 0.2) is 0 Å². The van der Waals surface area contributed by atoms with Gasteiger partial charge in [0.2, 0.25) is 5.91 Å². The Morgan fingerprint density at radius 2 is 2.21 bits per heavy atom. The number of hydrogen-bond donors (Lipinski definition) is 0. The summed E-state index contributed by atoms with van der Waals surface area (Å²) >= 11 is 5.77. The molecule has 1 amide bonds. The summed E-state index contributed by atoms with van der Waals surface area (Å²) in [7, 11) is 0. The van der Waals surface area contributed by atoms with E-state index in [0.29, 0.717) is 18.2 Å². The molecule has 1 aliphatic rings. The zero-order valence-corrected chi connectivity index (χ0v) is 12.5. The number of rotatable bonds is 4. The zero-order valence-electron chi connectivity index (χ0n) is 11.8. The number of hydrogen-bond acceptors (Lipinski definition) is 1. The summed E-state index contributed by atoms with van der Waals surface area (Å²) in [5.41, 5.74) is 3.58. The maximum absolute atomic E-state index is 12.3. The van der Waals surface area contributed by atoms with Crippen LogP contribution < -0.4 is 0 Å². The largest absolute Gasteiger partial charge is 0.342 e. The lowest BCUT2D eigenvalue weighted by Crippen LogP contribution is -2.30. The number of carbonyl (C=O) groups excluding carboxylic acids is 1. The molecule has 2 rings (SSSR count). The highest BCUT2D eigenvalue weighted by molar-refractivity contribution is 6.17. The molecule has 1 aliphatic heterocycles. The summed E-state index contributed by atoms with van der Waals surface area (Å²) in [6.45, 7) is 5.92. The predicted octanol–water partition coefficient (Wildman–Crippen LogP) is 3.32. The number of halogens is 1. The Kier molecular flexibility index (Phi) is 4.87. The first-order valence-corrected chi connectivity index (χ1v) is 7.53. The van der Waals surface area contributed by atoms with Crippen molar-refractivity contribution in [2.75, 3.05) is 19.0 Å². The number of nitrogens with zero attached hydrogens (tertiary/aromatic N) is 1. The Bertz CT molecular complexity index is 458. The van der Waals surface area contributed by atoms with Gasteiger partial charge in [0.05, 0.1) is 6.42 Å².